The van der Waals surface area contributed by atoms with Gasteiger partial charge in [0, 0.05) is 10.7 Å². The lowest BCUT2D eigenvalue weighted by molar-refractivity contribution is -0.118. The van der Waals surface area contributed by atoms with Crippen LogP contribution in [-0.2, 0) is 13.8 Å². The van der Waals surface area contributed by atoms with Gasteiger partial charge < -0.3 is 10.5 Å². The zero-order chi connectivity index (χ0) is 13.9. The second kappa shape index (κ2) is 5.49. The zero-order valence-electron chi connectivity index (χ0n) is 8.82. The smallest absolute Gasteiger partial charge is 0.261 e. The molecule has 0 aromatic heterocycles. The van der Waals surface area contributed by atoms with Gasteiger partial charge in [0.2, 0.25) is 5.91 Å². The second-order valence-electron chi connectivity index (χ2n) is 3.22. The molecule has 0 radical (unpaired) electrons. The highest BCUT2D eigenvalue weighted by Crippen LogP contribution is 2.27. The first-order chi connectivity index (χ1) is 8.21. The highest BCUT2D eigenvalue weighted by Gasteiger charge is 2.19. The van der Waals surface area contributed by atoms with Crippen molar-refractivity contribution in [3.8, 4) is 5.75 Å². The van der Waals surface area contributed by atoms with Gasteiger partial charge in [0.1, 0.15) is 0 Å². The number of nitrogens with two attached hydrogens (primary N) is 1. The molecular formula is C9H8ClF2NO4S. The number of ether oxygens (including phenoxy) is 1. The molecule has 0 fully saturated rings. The van der Waals surface area contributed by atoms with Crippen molar-refractivity contribution in [1.29, 1.82) is 0 Å². The molecule has 1 amide bonds. The molecule has 0 aliphatic carbocycles. The van der Waals surface area contributed by atoms with Gasteiger partial charge in [0.15, 0.2) is 17.4 Å². The third kappa shape index (κ3) is 3.81. The van der Waals surface area contributed by atoms with Crippen LogP contribution in [0.4, 0.5) is 8.78 Å². The molecule has 5 nitrogen and oxygen atoms in total. The minimum atomic E-state index is -4.24. The normalized spacial score (nSPS) is 11.3. The number of carbonyl (C=O) groups excluding carboxylic acids is 1. The molecule has 0 bridgehead atoms. The Morgan fingerprint density at radius 2 is 1.83 bits per heavy atom. The van der Waals surface area contributed by atoms with Crippen LogP contribution in [0.25, 0.3) is 0 Å². The van der Waals surface area contributed by atoms with Crippen molar-refractivity contribution in [2.45, 2.75) is 11.3 Å². The third-order valence-corrected chi connectivity index (χ3v) is 3.18. The Morgan fingerprint density at radius 1 is 1.33 bits per heavy atom. The van der Waals surface area contributed by atoms with Crippen LogP contribution in [-0.4, -0.2) is 20.9 Å². The highest BCUT2D eigenvalue weighted by molar-refractivity contribution is 8.13. The van der Waals surface area contributed by atoms with Crippen LogP contribution in [0.3, 0.4) is 0 Å². The number of benzene rings is 1. The van der Waals surface area contributed by atoms with E-state index < -0.39 is 37.2 Å². The molecular weight excluding hydrogens is 292 g/mol. The van der Waals surface area contributed by atoms with E-state index in [0.717, 1.165) is 0 Å². The van der Waals surface area contributed by atoms with Gasteiger partial charge in [0.25, 0.3) is 9.05 Å². The van der Waals surface area contributed by atoms with Gasteiger partial charge in [-0.2, -0.15) is 0 Å². The summed E-state index contributed by atoms with van der Waals surface area (Å²) in [6.07, 6.45) is -0.228. The van der Waals surface area contributed by atoms with E-state index in [-0.39, 0.29) is 13.0 Å². The van der Waals surface area contributed by atoms with E-state index in [2.05, 4.69) is 4.74 Å². The zero-order valence-corrected chi connectivity index (χ0v) is 10.4. The van der Waals surface area contributed by atoms with Gasteiger partial charge in [-0.1, -0.05) is 0 Å². The van der Waals surface area contributed by atoms with Gasteiger partial charge >= 0.3 is 0 Å². The highest BCUT2D eigenvalue weighted by atomic mass is 35.7. The molecule has 0 aliphatic rings. The molecule has 18 heavy (non-hydrogen) atoms. The molecule has 0 atom stereocenters. The van der Waals surface area contributed by atoms with Gasteiger partial charge in [-0.15, -0.1) is 0 Å². The van der Waals surface area contributed by atoms with Crippen LogP contribution in [0.5, 0.6) is 5.75 Å². The predicted octanol–water partition coefficient (Wildman–Crippen LogP) is 1.15. The van der Waals surface area contributed by atoms with Crippen molar-refractivity contribution < 1.29 is 26.7 Å². The van der Waals surface area contributed by atoms with Gasteiger partial charge in [-0.05, 0) is 12.1 Å². The number of primary amides is 1. The molecule has 0 unspecified atom stereocenters. The summed E-state index contributed by atoms with van der Waals surface area (Å²) < 4.78 is 53.1. The maximum atomic E-state index is 13.4. The number of hydrogen-bond acceptors (Lipinski definition) is 4. The van der Waals surface area contributed by atoms with E-state index in [0.29, 0.717) is 12.1 Å². The van der Waals surface area contributed by atoms with Gasteiger partial charge in [-0.3, -0.25) is 4.79 Å². The van der Waals surface area contributed by atoms with Crippen molar-refractivity contribution in [1.82, 2.24) is 0 Å². The fraction of sp³-hybridized carbons (Fsp3) is 0.222. The van der Waals surface area contributed by atoms with Crippen molar-refractivity contribution >= 4 is 25.6 Å². The first-order valence-corrected chi connectivity index (χ1v) is 6.87. The van der Waals surface area contributed by atoms with Crippen LogP contribution in [0.2, 0.25) is 0 Å². The van der Waals surface area contributed by atoms with Crippen molar-refractivity contribution in [2.24, 2.45) is 5.73 Å². The van der Waals surface area contributed by atoms with Crippen LogP contribution in [0.1, 0.15) is 6.42 Å². The number of hydrogen-bond donors (Lipinski definition) is 1. The third-order valence-electron chi connectivity index (χ3n) is 1.85. The first kappa shape index (κ1) is 14.7. The van der Waals surface area contributed by atoms with Crippen LogP contribution < -0.4 is 10.5 Å². The lowest BCUT2D eigenvalue weighted by Crippen LogP contribution is -2.15. The molecule has 1 aromatic carbocycles. The van der Waals surface area contributed by atoms with Crippen LogP contribution in [0.15, 0.2) is 17.0 Å². The number of rotatable bonds is 5. The van der Waals surface area contributed by atoms with Crippen LogP contribution >= 0.6 is 10.7 Å². The molecule has 0 spiro atoms. The fourth-order valence-corrected chi connectivity index (χ4v) is 1.82. The topological polar surface area (TPSA) is 86.5 Å². The summed E-state index contributed by atoms with van der Waals surface area (Å²) in [6, 6.07) is 1.04. The lowest BCUT2D eigenvalue weighted by atomic mass is 10.3. The van der Waals surface area contributed by atoms with E-state index in [9.17, 15) is 22.0 Å². The summed E-state index contributed by atoms with van der Waals surface area (Å²) in [5, 5.41) is 0. The van der Waals surface area contributed by atoms with Crippen molar-refractivity contribution in [2.75, 3.05) is 6.61 Å². The van der Waals surface area contributed by atoms with E-state index in [1.54, 1.807) is 0 Å². The average molecular weight is 300 g/mol. The van der Waals surface area contributed by atoms with Gasteiger partial charge in [0.05, 0.1) is 17.9 Å². The molecule has 1 aromatic rings. The van der Waals surface area contributed by atoms with E-state index >= 15 is 0 Å². The standard InChI is InChI=1S/C9H8ClF2NO4S/c10-18(15,16)5-3-6(11)9(7(12)4-5)17-2-1-8(13)14/h3-4H,1-2H2,(H2,13,14). The van der Waals surface area contributed by atoms with E-state index in [1.165, 1.54) is 0 Å². The molecule has 1 rings (SSSR count). The Labute approximate surface area is 106 Å². The molecule has 0 heterocycles. The Hall–Kier alpha value is -1.41. The van der Waals surface area contributed by atoms with Crippen molar-refractivity contribution in [3.05, 3.63) is 23.8 Å². The number of halogens is 3. The number of carbonyl (C=O) groups is 1. The summed E-state index contributed by atoms with van der Waals surface area (Å²) in [5.74, 6) is -3.96. The van der Waals surface area contributed by atoms with E-state index in [1.807, 2.05) is 0 Å². The monoisotopic (exact) mass is 299 g/mol. The first-order valence-electron chi connectivity index (χ1n) is 4.56. The minimum absolute atomic E-state index is 0.228. The average Bonchev–Trinajstić information content (AvgIpc) is 2.20. The SMILES string of the molecule is NC(=O)CCOc1c(F)cc(S(=O)(=O)Cl)cc1F. The molecule has 100 valence electrons. The predicted molar refractivity (Wildman–Crippen MR) is 58.7 cm³/mol. The summed E-state index contributed by atoms with van der Waals surface area (Å²) >= 11 is 0. The minimum Gasteiger partial charge on any atom is -0.487 e. The summed E-state index contributed by atoms with van der Waals surface area (Å²) in [5.41, 5.74) is 4.81. The lowest BCUT2D eigenvalue weighted by Gasteiger charge is -2.08. The Balaban J connectivity index is 2.99. The van der Waals surface area contributed by atoms with Crippen LogP contribution in [0, 0.1) is 11.6 Å². The Morgan fingerprint density at radius 3 is 2.22 bits per heavy atom. The van der Waals surface area contributed by atoms with Crippen molar-refractivity contribution in [3.63, 3.8) is 0 Å². The molecule has 9 heteroatoms. The van der Waals surface area contributed by atoms with Gasteiger partial charge in [-0.25, -0.2) is 17.2 Å². The maximum Gasteiger partial charge on any atom is 0.261 e. The molecule has 0 saturated heterocycles. The molecule has 0 aliphatic heterocycles. The molecule has 0 saturated carbocycles. The largest absolute Gasteiger partial charge is 0.487 e. The summed E-state index contributed by atoms with van der Waals surface area (Å²) in [6.45, 7) is -0.323. The molecule has 2 N–H and O–H groups in total. The Kier molecular flexibility index (Phi) is 4.47. The van der Waals surface area contributed by atoms with E-state index in [4.69, 9.17) is 16.4 Å². The summed E-state index contributed by atoms with van der Waals surface area (Å²) in [7, 11) is 0.702. The summed E-state index contributed by atoms with van der Waals surface area (Å²) in [4.78, 5) is 9.68. The second-order valence-corrected chi connectivity index (χ2v) is 5.78. The Bertz CT molecular complexity index is 553. The number of amides is 1. The quantitative estimate of drug-likeness (QED) is 0.826. The maximum absolute atomic E-state index is 13.4. The fourth-order valence-electron chi connectivity index (χ4n) is 1.07.